The van der Waals surface area contributed by atoms with E-state index in [0.717, 1.165) is 48.9 Å². The second-order valence-corrected chi connectivity index (χ2v) is 9.10. The first-order valence-electron chi connectivity index (χ1n) is 10.3. The van der Waals surface area contributed by atoms with Crippen molar-refractivity contribution in [1.29, 1.82) is 0 Å². The number of aliphatic hydroxyl groups excluding tert-OH is 1. The lowest BCUT2D eigenvalue weighted by Crippen LogP contribution is -2.42. The molecular formula is C22H29N3O3S. The van der Waals surface area contributed by atoms with Crippen LogP contribution in [-0.2, 0) is 6.54 Å². The first-order valence-corrected chi connectivity index (χ1v) is 11.3. The molecule has 0 radical (unpaired) electrons. The summed E-state index contributed by atoms with van der Waals surface area (Å²) in [6, 6.07) is 7.64. The van der Waals surface area contributed by atoms with Crippen LogP contribution in [0.1, 0.15) is 25.3 Å². The highest BCUT2D eigenvalue weighted by molar-refractivity contribution is 7.99. The summed E-state index contributed by atoms with van der Waals surface area (Å²) in [6.45, 7) is 4.99. The fourth-order valence-electron chi connectivity index (χ4n) is 4.51. The Balaban J connectivity index is 1.36. The lowest BCUT2D eigenvalue weighted by molar-refractivity contribution is -0.0240. The van der Waals surface area contributed by atoms with Crippen LogP contribution in [0.15, 0.2) is 41.8 Å². The lowest BCUT2D eigenvalue weighted by Gasteiger charge is -2.35. The first-order chi connectivity index (χ1) is 14.2. The van der Waals surface area contributed by atoms with Crippen LogP contribution in [-0.4, -0.2) is 58.1 Å². The zero-order valence-corrected chi connectivity index (χ0v) is 17.8. The number of methoxy groups -OCH3 is 1. The van der Waals surface area contributed by atoms with Gasteiger partial charge in [0.15, 0.2) is 16.7 Å². The molecule has 1 N–H and O–H groups in total. The molecule has 4 atom stereocenters. The average molecular weight is 416 g/mol. The van der Waals surface area contributed by atoms with Crippen molar-refractivity contribution < 1.29 is 14.6 Å². The smallest absolute Gasteiger partial charge is 0.187 e. The van der Waals surface area contributed by atoms with Gasteiger partial charge in [0.1, 0.15) is 6.10 Å². The van der Waals surface area contributed by atoms with Gasteiger partial charge in [-0.2, -0.15) is 0 Å². The average Bonchev–Trinajstić information content (AvgIpc) is 3.11. The highest BCUT2D eigenvalue weighted by Crippen LogP contribution is 2.39. The van der Waals surface area contributed by atoms with Gasteiger partial charge in [0, 0.05) is 37.6 Å². The number of hydrogen-bond acceptors (Lipinski definition) is 7. The van der Waals surface area contributed by atoms with Crippen molar-refractivity contribution >= 4 is 11.8 Å². The van der Waals surface area contributed by atoms with E-state index < -0.39 is 6.10 Å². The lowest BCUT2D eigenvalue weighted by atomic mass is 9.78. The van der Waals surface area contributed by atoms with Crippen LogP contribution in [0, 0.1) is 11.8 Å². The van der Waals surface area contributed by atoms with E-state index in [4.69, 9.17) is 9.47 Å². The maximum absolute atomic E-state index is 10.7. The number of fused-ring (bicyclic) bond motifs is 1. The Morgan fingerprint density at radius 3 is 2.48 bits per heavy atom. The van der Waals surface area contributed by atoms with Crippen LogP contribution in [0.3, 0.4) is 0 Å². The van der Waals surface area contributed by atoms with E-state index in [2.05, 4.69) is 21.8 Å². The summed E-state index contributed by atoms with van der Waals surface area (Å²) in [7, 11) is 1.64. The van der Waals surface area contributed by atoms with Crippen molar-refractivity contribution in [3.63, 3.8) is 0 Å². The summed E-state index contributed by atoms with van der Waals surface area (Å²) in [4.78, 5) is 11.3. The molecule has 1 aromatic carbocycles. The summed E-state index contributed by atoms with van der Waals surface area (Å²) >= 11 is 1.66. The van der Waals surface area contributed by atoms with Gasteiger partial charge in [-0.15, -0.1) is 0 Å². The Morgan fingerprint density at radius 2 is 1.79 bits per heavy atom. The number of aromatic nitrogens is 2. The fraction of sp³-hybridized carbons (Fsp3) is 0.545. The molecule has 1 saturated carbocycles. The minimum absolute atomic E-state index is 0.193. The number of ether oxygens (including phenoxy) is 2. The quantitative estimate of drug-likeness (QED) is 0.550. The molecule has 2 aliphatic rings. The van der Waals surface area contributed by atoms with E-state index in [0.29, 0.717) is 23.3 Å². The molecule has 0 amide bonds. The summed E-state index contributed by atoms with van der Waals surface area (Å²) in [5, 5.41) is 11.5. The van der Waals surface area contributed by atoms with Crippen LogP contribution >= 0.6 is 11.8 Å². The molecule has 156 valence electrons. The van der Waals surface area contributed by atoms with Crippen molar-refractivity contribution in [3.05, 3.63) is 42.2 Å². The van der Waals surface area contributed by atoms with Crippen LogP contribution in [0.4, 0.5) is 0 Å². The predicted octanol–water partition coefficient (Wildman–Crippen LogP) is 3.25. The Kier molecular flexibility index (Phi) is 6.57. The predicted molar refractivity (Wildman–Crippen MR) is 113 cm³/mol. The van der Waals surface area contributed by atoms with Crippen LogP contribution < -0.4 is 9.47 Å². The molecule has 1 aliphatic heterocycles. The second-order valence-electron chi connectivity index (χ2n) is 7.87. The van der Waals surface area contributed by atoms with Crippen molar-refractivity contribution in [2.45, 2.75) is 43.7 Å². The SMILES string of the molecule is CCSc1ncc(CN2C[C@H]3C[C@@H](Oc4ccccc4OC)[C@H](O)C[C@H]3C2)cn1. The minimum atomic E-state index is -0.449. The molecule has 4 rings (SSSR count). The molecule has 1 aromatic heterocycles. The second kappa shape index (κ2) is 9.32. The largest absolute Gasteiger partial charge is 0.493 e. The molecule has 2 fully saturated rings. The molecule has 1 aliphatic carbocycles. The van der Waals surface area contributed by atoms with Crippen molar-refractivity contribution in [2.75, 3.05) is 26.0 Å². The monoisotopic (exact) mass is 415 g/mol. The number of nitrogens with zero attached hydrogens (tertiary/aromatic N) is 3. The van der Waals surface area contributed by atoms with Gasteiger partial charge < -0.3 is 14.6 Å². The third kappa shape index (κ3) is 4.85. The zero-order chi connectivity index (χ0) is 20.2. The first kappa shape index (κ1) is 20.4. The number of rotatable bonds is 7. The summed E-state index contributed by atoms with van der Waals surface area (Å²) in [6.07, 6.45) is 4.88. The normalized spacial score (nSPS) is 26.9. The van der Waals surface area contributed by atoms with Gasteiger partial charge in [-0.3, -0.25) is 4.90 Å². The van der Waals surface area contributed by atoms with Gasteiger partial charge in [-0.1, -0.05) is 30.8 Å². The Bertz CT molecular complexity index is 804. The maximum atomic E-state index is 10.7. The van der Waals surface area contributed by atoms with E-state index >= 15 is 0 Å². The molecule has 1 saturated heterocycles. The van der Waals surface area contributed by atoms with E-state index in [1.54, 1.807) is 18.9 Å². The molecule has 7 heteroatoms. The molecule has 29 heavy (non-hydrogen) atoms. The number of thioether (sulfide) groups is 1. The Morgan fingerprint density at radius 1 is 1.10 bits per heavy atom. The number of para-hydroxylation sites is 2. The Hall–Kier alpha value is -1.83. The molecule has 0 spiro atoms. The number of benzene rings is 1. The Labute approximate surface area is 176 Å². The molecular weight excluding hydrogens is 386 g/mol. The van der Waals surface area contributed by atoms with Gasteiger partial charge in [-0.05, 0) is 42.6 Å². The van der Waals surface area contributed by atoms with Crippen molar-refractivity contribution in [1.82, 2.24) is 14.9 Å². The highest BCUT2D eigenvalue weighted by atomic mass is 32.2. The molecule has 0 bridgehead atoms. The minimum Gasteiger partial charge on any atom is -0.493 e. The number of likely N-dealkylation sites (tertiary alicyclic amines) is 1. The topological polar surface area (TPSA) is 67.7 Å². The van der Waals surface area contributed by atoms with Gasteiger partial charge in [0.25, 0.3) is 0 Å². The van der Waals surface area contributed by atoms with E-state index in [9.17, 15) is 5.11 Å². The summed E-state index contributed by atoms with van der Waals surface area (Å²) in [5.74, 6) is 3.44. The van der Waals surface area contributed by atoms with E-state index in [1.807, 2.05) is 36.7 Å². The van der Waals surface area contributed by atoms with Gasteiger partial charge in [0.2, 0.25) is 0 Å². The molecule has 6 nitrogen and oxygen atoms in total. The van der Waals surface area contributed by atoms with Crippen molar-refractivity contribution in [3.8, 4) is 11.5 Å². The molecule has 0 unspecified atom stereocenters. The van der Waals surface area contributed by atoms with Gasteiger partial charge in [-0.25, -0.2) is 9.97 Å². The van der Waals surface area contributed by atoms with E-state index in [1.165, 1.54) is 0 Å². The maximum Gasteiger partial charge on any atom is 0.187 e. The van der Waals surface area contributed by atoms with Crippen LogP contribution in [0.25, 0.3) is 0 Å². The highest BCUT2D eigenvalue weighted by Gasteiger charge is 2.42. The van der Waals surface area contributed by atoms with Crippen LogP contribution in [0.2, 0.25) is 0 Å². The zero-order valence-electron chi connectivity index (χ0n) is 17.0. The van der Waals surface area contributed by atoms with E-state index in [-0.39, 0.29) is 6.10 Å². The standard InChI is InChI=1S/C22H29N3O3S/c1-3-29-22-23-10-15(11-24-22)12-25-13-16-8-18(26)21(9-17(16)14-25)28-20-7-5-4-6-19(20)27-2/h4-7,10-11,16-18,21,26H,3,8-9,12-14H2,1-2H3/t16-,17+,18+,21+/m0/s1. The van der Waals surface area contributed by atoms with Gasteiger partial charge in [0.05, 0.1) is 13.2 Å². The third-order valence-electron chi connectivity index (χ3n) is 5.87. The summed E-state index contributed by atoms with van der Waals surface area (Å²) < 4.78 is 11.6. The van der Waals surface area contributed by atoms with Crippen LogP contribution in [0.5, 0.6) is 11.5 Å². The van der Waals surface area contributed by atoms with Gasteiger partial charge >= 0.3 is 0 Å². The van der Waals surface area contributed by atoms with Crippen molar-refractivity contribution in [2.24, 2.45) is 11.8 Å². The molecule has 2 aromatic rings. The number of hydrogen-bond donors (Lipinski definition) is 1. The number of aliphatic hydroxyl groups is 1. The third-order valence-corrected chi connectivity index (χ3v) is 6.63. The molecule has 2 heterocycles. The summed E-state index contributed by atoms with van der Waals surface area (Å²) in [5.41, 5.74) is 1.14. The fourth-order valence-corrected chi connectivity index (χ4v) is 5.02.